The molecular formula is H11BiGaInSnZn. The zero-order valence-electron chi connectivity index (χ0n) is 2.12. The molecule has 0 nitrogen and oxygen atoms in total. The van der Waals surface area contributed by atoms with Gasteiger partial charge in [-0.3, -0.25) is 0 Å². The Morgan fingerprint density at radius 2 is 1.00 bits per heavy atom. The summed E-state index contributed by atoms with van der Waals surface area (Å²) in [5.74, 6) is 0. The second kappa shape index (κ2) is 24.9. The van der Waals surface area contributed by atoms with Crippen molar-refractivity contribution in [3.63, 3.8) is 0 Å². The molecule has 0 aliphatic rings. The molecule has 0 bridgehead atoms. The fourth-order valence-electron chi connectivity index (χ4n) is 0. The molecule has 0 aliphatic carbocycles. The van der Waals surface area contributed by atoms with E-state index in [2.05, 4.69) is 0 Å². The van der Waals surface area contributed by atoms with E-state index in [0.717, 1.165) is 0 Å². The topological polar surface area (TPSA) is 0 Å². The summed E-state index contributed by atoms with van der Waals surface area (Å²) in [6, 6.07) is 0. The number of hydrogen-bond acceptors (Lipinski definition) is 0. The first-order valence-electron chi connectivity index (χ1n) is 0. The summed E-state index contributed by atoms with van der Waals surface area (Å²) in [6.45, 7) is 0. The van der Waals surface area contributed by atoms with Crippen LogP contribution in [0.15, 0.2) is 0 Å². The molecule has 2 radical (unpaired) electrons. The molecule has 0 aromatic rings. The summed E-state index contributed by atoms with van der Waals surface area (Å²) in [5, 5.41) is 0. The summed E-state index contributed by atoms with van der Waals surface area (Å²) >= 11 is 0. The Labute approximate surface area is 113 Å². The Morgan fingerprint density at radius 1 is 1.00 bits per heavy atom. The molecule has 0 amide bonds. The third-order valence-electron chi connectivity index (χ3n) is 0. The summed E-state index contributed by atoms with van der Waals surface area (Å²) in [5.41, 5.74) is 0. The van der Waals surface area contributed by atoms with E-state index >= 15 is 0 Å². The Hall–Kier alpha value is 3.81. The molecule has 0 aliphatic heterocycles. The van der Waals surface area contributed by atoms with Crippen molar-refractivity contribution in [3.8, 4) is 0 Å². The summed E-state index contributed by atoms with van der Waals surface area (Å²) in [7, 11) is 0. The standard InChI is InChI=1S/Bi.Ga.In.Sn.Zn.11H. The summed E-state index contributed by atoms with van der Waals surface area (Å²) in [6.07, 6.45) is 0. The van der Waals surface area contributed by atoms with E-state index in [1.807, 2.05) is 0 Å². The molecule has 0 rings (SSSR count). The minimum atomic E-state index is 0. The minimum Gasteiger partial charge on any atom is 0 e. The van der Waals surface area contributed by atoms with Crippen LogP contribution in [0.5, 0.6) is 0 Å². The number of rotatable bonds is 0. The average molecular weight is 589 g/mol. The Balaban J connectivity index is 0. The summed E-state index contributed by atoms with van der Waals surface area (Å²) < 4.78 is 0. The predicted molar refractivity (Wildman–Crippen MR) is 38.4 cm³/mol. The van der Waals surface area contributed by atoms with Gasteiger partial charge in [0.1, 0.15) is 0 Å². The van der Waals surface area contributed by atoms with E-state index in [-0.39, 0.29) is 115 Å². The second-order valence-electron chi connectivity index (χ2n) is 0. The molecule has 0 fully saturated rings. The molecule has 28 valence electrons. The van der Waals surface area contributed by atoms with E-state index in [0.29, 0.717) is 0 Å². The first-order chi connectivity index (χ1) is 0. The average Bonchev–Trinajstić information content (AvgIpc) is 0. The van der Waals surface area contributed by atoms with Crippen LogP contribution in [0.1, 0.15) is 0 Å². The van der Waals surface area contributed by atoms with Crippen molar-refractivity contribution in [2.24, 2.45) is 0 Å². The fourth-order valence-corrected chi connectivity index (χ4v) is 0. The van der Waals surface area contributed by atoms with Gasteiger partial charge in [-0.1, -0.05) is 0 Å². The fraction of sp³-hybridized carbons (Fsp3) is 0. The molecule has 0 unspecified atom stereocenters. The van der Waals surface area contributed by atoms with Gasteiger partial charge in [0.2, 0.25) is 0 Å². The maximum absolute atomic E-state index is 0. The normalized spacial score (nSPS) is 0. The van der Waals surface area contributed by atoms with Crippen LogP contribution < -0.4 is 0 Å². The van der Waals surface area contributed by atoms with Crippen LogP contribution in [0, 0.1) is 0 Å². The van der Waals surface area contributed by atoms with E-state index in [1.165, 1.54) is 0 Å². The number of hydrogen-bond donors (Lipinski definition) is 0. The molecule has 0 aromatic heterocycles. The van der Waals surface area contributed by atoms with Crippen molar-refractivity contribution in [1.82, 2.24) is 0 Å². The van der Waals surface area contributed by atoms with Gasteiger partial charge in [-0.05, 0) is 0 Å². The van der Waals surface area contributed by atoms with Crippen molar-refractivity contribution in [1.29, 1.82) is 0 Å². The first-order valence-corrected chi connectivity index (χ1v) is 0. The van der Waals surface area contributed by atoms with Crippen LogP contribution in [-0.2, 0) is 19.5 Å². The Morgan fingerprint density at radius 3 is 1.00 bits per heavy atom. The van der Waals surface area contributed by atoms with Gasteiger partial charge >= 0.3 is 95.7 Å². The molecule has 5 heteroatoms. The third-order valence-corrected chi connectivity index (χ3v) is 0. The van der Waals surface area contributed by atoms with Crippen molar-refractivity contribution >= 4 is 95.7 Å². The van der Waals surface area contributed by atoms with Crippen molar-refractivity contribution in [2.75, 3.05) is 0 Å². The maximum atomic E-state index is 0. The first kappa shape index (κ1) is 37.0. The van der Waals surface area contributed by atoms with Gasteiger partial charge in [0.05, 0.1) is 0 Å². The quantitative estimate of drug-likeness (QED) is 0.251. The van der Waals surface area contributed by atoms with E-state index < -0.39 is 0 Å². The largest absolute Gasteiger partial charge is 0 e. The SMILES string of the molecule is [BiH3].[GaH3].[InH3].[SnH2].[Zn]. The zero-order chi connectivity index (χ0) is 0. The summed E-state index contributed by atoms with van der Waals surface area (Å²) in [4.78, 5) is 0. The molecule has 0 spiro atoms. The zero-order valence-corrected chi connectivity index (χ0v) is 14.6. The molecule has 0 saturated carbocycles. The van der Waals surface area contributed by atoms with Crippen LogP contribution in [0.25, 0.3) is 0 Å². The molecule has 0 atom stereocenters. The van der Waals surface area contributed by atoms with Crippen LogP contribution >= 0.6 is 0 Å². The molecule has 5 heavy (non-hydrogen) atoms. The predicted octanol–water partition coefficient (Wildman–Crippen LogP) is -4.47. The van der Waals surface area contributed by atoms with Gasteiger partial charge in [-0.25, -0.2) is 0 Å². The van der Waals surface area contributed by atoms with Gasteiger partial charge in [-0.15, -0.1) is 0 Å². The van der Waals surface area contributed by atoms with E-state index in [1.54, 1.807) is 0 Å². The molecule has 0 saturated heterocycles. The van der Waals surface area contributed by atoms with Gasteiger partial charge in [0, 0.05) is 19.5 Å². The van der Waals surface area contributed by atoms with E-state index in [4.69, 9.17) is 0 Å². The molecule has 0 aromatic carbocycles. The van der Waals surface area contributed by atoms with Gasteiger partial charge in [0.25, 0.3) is 0 Å². The third kappa shape index (κ3) is 18.2. The van der Waals surface area contributed by atoms with Crippen molar-refractivity contribution < 1.29 is 19.5 Å². The Kier molecular flexibility index (Phi) is 185. The minimum absolute atomic E-state index is 0. The van der Waals surface area contributed by atoms with Gasteiger partial charge in [-0.2, -0.15) is 0 Å². The maximum Gasteiger partial charge on any atom is 0 e. The monoisotopic (exact) mass is 588 g/mol. The van der Waals surface area contributed by atoms with Gasteiger partial charge in [0.15, 0.2) is 0 Å². The second-order valence-corrected chi connectivity index (χ2v) is 0. The smallest absolute Gasteiger partial charge is 0 e. The molecule has 0 N–H and O–H groups in total. The van der Waals surface area contributed by atoms with Gasteiger partial charge < -0.3 is 0 Å². The van der Waals surface area contributed by atoms with Crippen molar-refractivity contribution in [3.05, 3.63) is 0 Å². The molecular weight excluding hydrogens is 578 g/mol. The molecule has 0 heterocycles. The Bertz CT molecular complexity index is 11.6. The van der Waals surface area contributed by atoms with E-state index in [9.17, 15) is 0 Å². The van der Waals surface area contributed by atoms with Crippen LogP contribution in [0.3, 0.4) is 0 Å². The van der Waals surface area contributed by atoms with Crippen LogP contribution in [0.4, 0.5) is 0 Å². The van der Waals surface area contributed by atoms with Crippen LogP contribution in [-0.4, -0.2) is 95.7 Å². The van der Waals surface area contributed by atoms with Crippen LogP contribution in [0.2, 0.25) is 0 Å². The van der Waals surface area contributed by atoms with Crippen molar-refractivity contribution in [2.45, 2.75) is 0 Å².